The number of ether oxygens (including phenoxy) is 1. The molecule has 0 radical (unpaired) electrons. The number of nitrogens with zero attached hydrogens (tertiary/aromatic N) is 2. The van der Waals surface area contributed by atoms with E-state index in [4.69, 9.17) is 4.74 Å². The maximum absolute atomic E-state index is 13.7. The Kier molecular flexibility index (Phi) is 3.88. The van der Waals surface area contributed by atoms with E-state index in [1.54, 1.807) is 13.2 Å². The van der Waals surface area contributed by atoms with E-state index < -0.39 is 0 Å². The third-order valence-electron chi connectivity index (χ3n) is 4.92. The van der Waals surface area contributed by atoms with Crippen LogP contribution in [0.4, 0.5) is 10.2 Å². The Morgan fingerprint density at radius 1 is 1.57 bits per heavy atom. The van der Waals surface area contributed by atoms with E-state index in [0.717, 1.165) is 37.3 Å². The van der Waals surface area contributed by atoms with Gasteiger partial charge in [-0.3, -0.25) is 0 Å². The molecule has 5 heteroatoms. The highest BCUT2D eigenvalue weighted by atomic mass is 19.1. The number of rotatable bonds is 4. The molecule has 0 aliphatic carbocycles. The molecule has 3 atom stereocenters. The number of methoxy groups -OCH3 is 1. The van der Waals surface area contributed by atoms with Gasteiger partial charge in [0.05, 0.1) is 18.3 Å². The van der Waals surface area contributed by atoms with Crippen LogP contribution in [0.5, 0.6) is 0 Å². The molecule has 2 aliphatic rings. The first-order chi connectivity index (χ1) is 10.1. The Hall–Kier alpha value is -1.20. The van der Waals surface area contributed by atoms with E-state index in [1.165, 1.54) is 6.20 Å². The first kappa shape index (κ1) is 14.7. The van der Waals surface area contributed by atoms with Crippen LogP contribution in [0.15, 0.2) is 12.3 Å². The molecule has 1 aromatic heterocycles. The van der Waals surface area contributed by atoms with Gasteiger partial charge in [0, 0.05) is 37.7 Å². The van der Waals surface area contributed by atoms with Gasteiger partial charge in [-0.1, -0.05) is 13.3 Å². The number of nitrogens with one attached hydrogen (secondary N) is 1. The smallest absolute Gasteiger partial charge is 0.141 e. The van der Waals surface area contributed by atoms with E-state index in [-0.39, 0.29) is 17.3 Å². The molecule has 0 amide bonds. The van der Waals surface area contributed by atoms with Crippen molar-refractivity contribution in [3.8, 4) is 0 Å². The first-order valence-corrected chi connectivity index (χ1v) is 7.78. The molecule has 1 fully saturated rings. The molecule has 4 nitrogen and oxygen atoms in total. The SMILES string of the molecule is CCCC12CNCC(C)N1c1ncc(F)cc1C2COC. The van der Waals surface area contributed by atoms with Crippen molar-refractivity contribution in [3.05, 3.63) is 23.6 Å². The van der Waals surface area contributed by atoms with Crippen molar-refractivity contribution in [3.63, 3.8) is 0 Å². The minimum absolute atomic E-state index is 0.0500. The summed E-state index contributed by atoms with van der Waals surface area (Å²) in [4.78, 5) is 6.84. The summed E-state index contributed by atoms with van der Waals surface area (Å²) < 4.78 is 19.2. The molecular weight excluding hydrogens is 269 g/mol. The fourth-order valence-corrected chi connectivity index (χ4v) is 4.25. The van der Waals surface area contributed by atoms with Crippen molar-refractivity contribution in [2.75, 3.05) is 31.7 Å². The summed E-state index contributed by atoms with van der Waals surface area (Å²) in [5, 5.41) is 3.55. The summed E-state index contributed by atoms with van der Waals surface area (Å²) in [6.45, 7) is 6.84. The number of hydrogen-bond donors (Lipinski definition) is 1. The van der Waals surface area contributed by atoms with Crippen molar-refractivity contribution in [2.45, 2.75) is 44.2 Å². The predicted molar refractivity (Wildman–Crippen MR) is 81.3 cm³/mol. The summed E-state index contributed by atoms with van der Waals surface area (Å²) in [6, 6.07) is 2.00. The maximum atomic E-state index is 13.7. The minimum Gasteiger partial charge on any atom is -0.384 e. The minimum atomic E-state index is -0.262. The molecule has 1 saturated heterocycles. The standard InChI is InChI=1S/C16H24FN3O/c1-4-5-16-10-18-7-11(2)20(16)15-13(14(16)9-21-3)6-12(17)8-19-15/h6,8,11,14,18H,4-5,7,9-10H2,1-3H3. The fourth-order valence-electron chi connectivity index (χ4n) is 4.25. The van der Waals surface area contributed by atoms with Gasteiger partial charge in [0.2, 0.25) is 0 Å². The molecule has 3 heterocycles. The molecule has 116 valence electrons. The van der Waals surface area contributed by atoms with Crippen molar-refractivity contribution < 1.29 is 9.13 Å². The van der Waals surface area contributed by atoms with Gasteiger partial charge in [-0.05, 0) is 19.4 Å². The number of fused-ring (bicyclic) bond motifs is 3. The number of aromatic nitrogens is 1. The average molecular weight is 293 g/mol. The fraction of sp³-hybridized carbons (Fsp3) is 0.688. The number of anilines is 1. The van der Waals surface area contributed by atoms with E-state index in [1.807, 2.05) is 0 Å². The van der Waals surface area contributed by atoms with Crippen molar-refractivity contribution in [2.24, 2.45) is 0 Å². The lowest BCUT2D eigenvalue weighted by molar-refractivity contribution is 0.130. The van der Waals surface area contributed by atoms with Crippen LogP contribution in [0.2, 0.25) is 0 Å². The van der Waals surface area contributed by atoms with Crippen molar-refractivity contribution in [1.29, 1.82) is 0 Å². The van der Waals surface area contributed by atoms with Crippen LogP contribution < -0.4 is 10.2 Å². The molecular formula is C16H24FN3O. The van der Waals surface area contributed by atoms with E-state index in [0.29, 0.717) is 12.6 Å². The van der Waals surface area contributed by atoms with Gasteiger partial charge in [-0.2, -0.15) is 0 Å². The summed E-state index contributed by atoms with van der Waals surface area (Å²) in [7, 11) is 1.72. The van der Waals surface area contributed by atoms with Gasteiger partial charge in [0.1, 0.15) is 11.6 Å². The van der Waals surface area contributed by atoms with E-state index >= 15 is 0 Å². The maximum Gasteiger partial charge on any atom is 0.141 e. The normalized spacial score (nSPS) is 31.1. The number of pyridine rings is 1. The van der Waals surface area contributed by atoms with Crippen LogP contribution in [-0.4, -0.2) is 43.4 Å². The zero-order valence-corrected chi connectivity index (χ0v) is 13.0. The molecule has 3 rings (SSSR count). The van der Waals surface area contributed by atoms with Crippen LogP contribution in [0.1, 0.15) is 38.2 Å². The summed E-state index contributed by atoms with van der Waals surface area (Å²) in [5.74, 6) is 0.846. The molecule has 0 saturated carbocycles. The van der Waals surface area contributed by atoms with Gasteiger partial charge in [0.15, 0.2) is 0 Å². The number of halogens is 1. The molecule has 3 unspecified atom stereocenters. The quantitative estimate of drug-likeness (QED) is 0.924. The zero-order valence-electron chi connectivity index (χ0n) is 13.0. The lowest BCUT2D eigenvalue weighted by Crippen LogP contribution is -2.65. The number of piperazine rings is 1. The van der Waals surface area contributed by atoms with Crippen LogP contribution in [-0.2, 0) is 4.74 Å². The zero-order chi connectivity index (χ0) is 15.0. The van der Waals surface area contributed by atoms with Crippen LogP contribution in [0, 0.1) is 5.82 Å². The topological polar surface area (TPSA) is 37.4 Å². The van der Waals surface area contributed by atoms with Gasteiger partial charge < -0.3 is 15.0 Å². The summed E-state index contributed by atoms with van der Waals surface area (Å²) >= 11 is 0. The Morgan fingerprint density at radius 3 is 3.10 bits per heavy atom. The van der Waals surface area contributed by atoms with Crippen LogP contribution in [0.3, 0.4) is 0 Å². The van der Waals surface area contributed by atoms with E-state index in [2.05, 4.69) is 29.0 Å². The van der Waals surface area contributed by atoms with Crippen LogP contribution >= 0.6 is 0 Å². The molecule has 1 N–H and O–H groups in total. The second kappa shape index (κ2) is 5.54. The molecule has 2 aliphatic heterocycles. The molecule has 0 aromatic carbocycles. The second-order valence-corrected chi connectivity index (χ2v) is 6.28. The molecule has 0 bridgehead atoms. The van der Waals surface area contributed by atoms with E-state index in [9.17, 15) is 4.39 Å². The lowest BCUT2D eigenvalue weighted by Gasteiger charge is -2.50. The van der Waals surface area contributed by atoms with Gasteiger partial charge in [0.25, 0.3) is 0 Å². The first-order valence-electron chi connectivity index (χ1n) is 7.78. The predicted octanol–water partition coefficient (Wildman–Crippen LogP) is 2.30. The van der Waals surface area contributed by atoms with Gasteiger partial charge >= 0.3 is 0 Å². The Bertz CT molecular complexity index is 520. The lowest BCUT2D eigenvalue weighted by atomic mass is 9.77. The summed E-state index contributed by atoms with van der Waals surface area (Å²) in [6.07, 6.45) is 3.47. The molecule has 1 aromatic rings. The number of hydrogen-bond acceptors (Lipinski definition) is 4. The third kappa shape index (κ3) is 2.14. The average Bonchev–Trinajstić information content (AvgIpc) is 2.71. The highest BCUT2D eigenvalue weighted by molar-refractivity contribution is 5.61. The highest BCUT2D eigenvalue weighted by Crippen LogP contribution is 2.51. The Balaban J connectivity index is 2.14. The van der Waals surface area contributed by atoms with Gasteiger partial charge in [-0.25, -0.2) is 9.37 Å². The monoisotopic (exact) mass is 293 g/mol. The highest BCUT2D eigenvalue weighted by Gasteiger charge is 2.54. The van der Waals surface area contributed by atoms with Crippen LogP contribution in [0.25, 0.3) is 0 Å². The van der Waals surface area contributed by atoms with Crippen molar-refractivity contribution >= 4 is 5.82 Å². The Labute approximate surface area is 125 Å². The molecule has 0 spiro atoms. The molecule has 21 heavy (non-hydrogen) atoms. The van der Waals surface area contributed by atoms with Crippen molar-refractivity contribution in [1.82, 2.24) is 10.3 Å². The van der Waals surface area contributed by atoms with Gasteiger partial charge in [-0.15, -0.1) is 0 Å². The third-order valence-corrected chi connectivity index (χ3v) is 4.92. The summed E-state index contributed by atoms with van der Waals surface area (Å²) in [5.41, 5.74) is 0.951. The second-order valence-electron chi connectivity index (χ2n) is 6.28. The largest absolute Gasteiger partial charge is 0.384 e. The Morgan fingerprint density at radius 2 is 2.38 bits per heavy atom.